The molecule has 36 heavy (non-hydrogen) atoms. The Labute approximate surface area is 223 Å². The summed E-state index contributed by atoms with van der Waals surface area (Å²) in [5.74, 6) is 0.505. The summed E-state index contributed by atoms with van der Waals surface area (Å²) < 4.78 is 13.2. The number of benzene rings is 1. The molecule has 1 atom stereocenters. The van der Waals surface area contributed by atoms with Crippen molar-refractivity contribution in [1.29, 1.82) is 0 Å². The number of aromatic nitrogens is 1. The highest BCUT2D eigenvalue weighted by atomic mass is 35.5. The molecule has 0 bridgehead atoms. The van der Waals surface area contributed by atoms with Crippen LogP contribution in [0.4, 0.5) is 0 Å². The van der Waals surface area contributed by atoms with Crippen molar-refractivity contribution in [2.75, 3.05) is 6.61 Å². The van der Waals surface area contributed by atoms with E-state index in [1.807, 2.05) is 17.5 Å². The smallest absolute Gasteiger partial charge is 0.338 e. The standard InChI is InChI=1S/C26H18Cl2N2O4S2/c1-3-10-33-25(32)22-14(2)29-26-30(23(22)20-5-4-11-35-20)24(31)21(36-26)13-16-7-9-19(34-16)17-8-6-15(27)12-18(17)28/h3-9,11-13,23H,1,10H2,2H3/b21-13+. The number of thiazole rings is 1. The van der Waals surface area contributed by atoms with Crippen molar-refractivity contribution in [2.24, 2.45) is 4.99 Å². The lowest BCUT2D eigenvalue weighted by molar-refractivity contribution is -0.138. The van der Waals surface area contributed by atoms with Crippen molar-refractivity contribution in [3.63, 3.8) is 0 Å². The average Bonchev–Trinajstić information content (AvgIpc) is 3.59. The highest BCUT2D eigenvalue weighted by molar-refractivity contribution is 7.10. The zero-order valence-electron chi connectivity index (χ0n) is 18.9. The minimum absolute atomic E-state index is 0.0651. The Morgan fingerprint density at radius 1 is 1.28 bits per heavy atom. The summed E-state index contributed by atoms with van der Waals surface area (Å²) in [5, 5.41) is 2.89. The molecule has 1 unspecified atom stereocenters. The fourth-order valence-corrected chi connectivity index (χ4v) is 6.26. The second kappa shape index (κ2) is 10.1. The van der Waals surface area contributed by atoms with Gasteiger partial charge < -0.3 is 9.15 Å². The molecule has 0 N–H and O–H groups in total. The molecule has 0 aliphatic carbocycles. The van der Waals surface area contributed by atoms with Crippen LogP contribution in [0.25, 0.3) is 17.4 Å². The number of hydrogen-bond acceptors (Lipinski definition) is 7. The fraction of sp³-hybridized carbons (Fsp3) is 0.115. The number of allylic oxidation sites excluding steroid dienone is 1. The second-order valence-electron chi connectivity index (χ2n) is 7.81. The zero-order valence-corrected chi connectivity index (χ0v) is 22.0. The first kappa shape index (κ1) is 24.5. The summed E-state index contributed by atoms with van der Waals surface area (Å²) >= 11 is 15.0. The van der Waals surface area contributed by atoms with E-state index in [4.69, 9.17) is 32.4 Å². The number of thiophene rings is 1. The van der Waals surface area contributed by atoms with E-state index >= 15 is 0 Å². The van der Waals surface area contributed by atoms with E-state index in [1.54, 1.807) is 47.9 Å². The molecule has 4 heterocycles. The number of carbonyl (C=O) groups is 1. The van der Waals surface area contributed by atoms with Gasteiger partial charge in [-0.15, -0.1) is 11.3 Å². The monoisotopic (exact) mass is 556 g/mol. The van der Waals surface area contributed by atoms with Crippen molar-refractivity contribution in [2.45, 2.75) is 13.0 Å². The number of hydrogen-bond donors (Lipinski definition) is 0. The molecule has 6 nitrogen and oxygen atoms in total. The Hall–Kier alpha value is -3.17. The number of halogens is 2. The molecular weight excluding hydrogens is 539 g/mol. The molecule has 0 radical (unpaired) electrons. The highest BCUT2D eigenvalue weighted by Crippen LogP contribution is 2.34. The van der Waals surface area contributed by atoms with E-state index in [-0.39, 0.29) is 12.2 Å². The predicted octanol–water partition coefficient (Wildman–Crippen LogP) is 5.59. The molecule has 1 aromatic carbocycles. The van der Waals surface area contributed by atoms with Gasteiger partial charge in [0.25, 0.3) is 5.56 Å². The molecule has 1 aliphatic heterocycles. The quantitative estimate of drug-likeness (QED) is 0.229. The maximum absolute atomic E-state index is 13.6. The summed E-state index contributed by atoms with van der Waals surface area (Å²) in [6, 6.07) is 11.8. The molecule has 182 valence electrons. The Morgan fingerprint density at radius 2 is 2.11 bits per heavy atom. The number of carbonyl (C=O) groups excluding carboxylic acids is 1. The van der Waals surface area contributed by atoms with E-state index in [1.165, 1.54) is 28.7 Å². The lowest BCUT2D eigenvalue weighted by Crippen LogP contribution is -2.39. The van der Waals surface area contributed by atoms with Crippen LogP contribution in [0, 0.1) is 0 Å². The third-order valence-corrected chi connectivity index (χ3v) is 7.94. The fourth-order valence-electron chi connectivity index (χ4n) is 3.90. The molecule has 0 fully saturated rings. The van der Waals surface area contributed by atoms with Crippen LogP contribution in [0.3, 0.4) is 0 Å². The molecule has 0 amide bonds. The number of furan rings is 1. The Bertz CT molecular complexity index is 1690. The van der Waals surface area contributed by atoms with Gasteiger partial charge in [-0.3, -0.25) is 9.36 Å². The molecule has 1 aliphatic rings. The Kier molecular flexibility index (Phi) is 6.85. The van der Waals surface area contributed by atoms with E-state index < -0.39 is 12.0 Å². The SMILES string of the molecule is C=CCOC(=O)C1=C(C)N=c2s/c(=C/c3ccc(-c4ccc(Cl)cc4Cl)o3)c(=O)n2C1c1cccs1. The number of nitrogens with zero attached hydrogens (tertiary/aromatic N) is 2. The van der Waals surface area contributed by atoms with Gasteiger partial charge in [0.1, 0.15) is 24.2 Å². The van der Waals surface area contributed by atoms with Crippen LogP contribution in [0.1, 0.15) is 23.6 Å². The number of fused-ring (bicyclic) bond motifs is 1. The van der Waals surface area contributed by atoms with Gasteiger partial charge in [-0.25, -0.2) is 9.79 Å². The Morgan fingerprint density at radius 3 is 2.83 bits per heavy atom. The third kappa shape index (κ3) is 4.53. The van der Waals surface area contributed by atoms with E-state index in [2.05, 4.69) is 11.6 Å². The van der Waals surface area contributed by atoms with Gasteiger partial charge in [0, 0.05) is 21.5 Å². The summed E-state index contributed by atoms with van der Waals surface area (Å²) in [6.45, 7) is 5.41. The van der Waals surface area contributed by atoms with Crippen molar-refractivity contribution in [3.05, 3.63) is 112 Å². The zero-order chi connectivity index (χ0) is 25.4. The lowest BCUT2D eigenvalue weighted by atomic mass is 10.0. The van der Waals surface area contributed by atoms with Gasteiger partial charge >= 0.3 is 5.97 Å². The van der Waals surface area contributed by atoms with Gasteiger partial charge in [0.05, 0.1) is 20.8 Å². The molecule has 0 saturated carbocycles. The normalized spacial score (nSPS) is 15.5. The Balaban J connectivity index is 1.60. The maximum Gasteiger partial charge on any atom is 0.338 e. The van der Waals surface area contributed by atoms with Crippen molar-refractivity contribution >= 4 is 57.9 Å². The molecule has 0 saturated heterocycles. The van der Waals surface area contributed by atoms with Crippen LogP contribution in [0.15, 0.2) is 86.0 Å². The van der Waals surface area contributed by atoms with Gasteiger partial charge in [-0.2, -0.15) is 0 Å². The largest absolute Gasteiger partial charge is 0.458 e. The number of rotatable bonds is 6. The second-order valence-corrected chi connectivity index (χ2v) is 10.6. The van der Waals surface area contributed by atoms with Crippen LogP contribution < -0.4 is 14.9 Å². The van der Waals surface area contributed by atoms with Crippen LogP contribution in [-0.4, -0.2) is 17.1 Å². The van der Waals surface area contributed by atoms with Crippen LogP contribution in [0.5, 0.6) is 0 Å². The first-order chi connectivity index (χ1) is 17.4. The van der Waals surface area contributed by atoms with E-state index in [0.29, 0.717) is 47.7 Å². The van der Waals surface area contributed by atoms with Crippen LogP contribution in [-0.2, 0) is 9.53 Å². The van der Waals surface area contributed by atoms with Crippen molar-refractivity contribution in [3.8, 4) is 11.3 Å². The molecule has 0 spiro atoms. The van der Waals surface area contributed by atoms with Crippen molar-refractivity contribution < 1.29 is 13.9 Å². The number of ether oxygens (including phenoxy) is 1. The topological polar surface area (TPSA) is 73.8 Å². The number of esters is 1. The first-order valence-corrected chi connectivity index (χ1v) is 13.2. The first-order valence-electron chi connectivity index (χ1n) is 10.8. The lowest BCUT2D eigenvalue weighted by Gasteiger charge is -2.23. The summed E-state index contributed by atoms with van der Waals surface area (Å²) in [5.41, 5.74) is 1.25. The van der Waals surface area contributed by atoms with Crippen LogP contribution in [0.2, 0.25) is 10.0 Å². The van der Waals surface area contributed by atoms with E-state index in [9.17, 15) is 9.59 Å². The summed E-state index contributed by atoms with van der Waals surface area (Å²) in [4.78, 5) is 32.4. The molecule has 4 aromatic rings. The van der Waals surface area contributed by atoms with Gasteiger partial charge in [-0.1, -0.05) is 53.3 Å². The minimum atomic E-state index is -0.638. The van der Waals surface area contributed by atoms with Gasteiger partial charge in [0.2, 0.25) is 0 Å². The third-order valence-electron chi connectivity index (χ3n) is 5.48. The molecular formula is C26H18Cl2N2O4S2. The summed E-state index contributed by atoms with van der Waals surface area (Å²) in [7, 11) is 0. The summed E-state index contributed by atoms with van der Waals surface area (Å²) in [6.07, 6.45) is 3.16. The molecule has 10 heteroatoms. The van der Waals surface area contributed by atoms with Crippen LogP contribution >= 0.6 is 45.9 Å². The molecule has 3 aromatic heterocycles. The predicted molar refractivity (Wildman–Crippen MR) is 143 cm³/mol. The minimum Gasteiger partial charge on any atom is -0.458 e. The van der Waals surface area contributed by atoms with Crippen molar-refractivity contribution in [1.82, 2.24) is 4.57 Å². The average molecular weight is 557 g/mol. The molecule has 5 rings (SSSR count). The maximum atomic E-state index is 13.6. The van der Waals surface area contributed by atoms with E-state index in [0.717, 1.165) is 4.88 Å². The highest BCUT2D eigenvalue weighted by Gasteiger charge is 2.34. The van der Waals surface area contributed by atoms with Gasteiger partial charge in [-0.05, 0) is 48.7 Å². The van der Waals surface area contributed by atoms with Gasteiger partial charge in [0.15, 0.2) is 4.80 Å².